The van der Waals surface area contributed by atoms with E-state index < -0.39 is 11.9 Å². The van der Waals surface area contributed by atoms with Crippen LogP contribution in [-0.4, -0.2) is 36.3 Å². The van der Waals surface area contributed by atoms with Crippen molar-refractivity contribution in [3.8, 4) is 0 Å². The molecule has 2 amide bonds. The summed E-state index contributed by atoms with van der Waals surface area (Å²) in [7, 11) is 1.68. The highest BCUT2D eigenvalue weighted by atomic mass is 35.5. The van der Waals surface area contributed by atoms with Crippen LogP contribution in [0.4, 0.5) is 15.8 Å². The first kappa shape index (κ1) is 20.9. The second kappa shape index (κ2) is 8.97. The number of aryl methyl sites for hydroxylation is 2. The fourth-order valence-electron chi connectivity index (χ4n) is 2.58. The van der Waals surface area contributed by atoms with E-state index >= 15 is 0 Å². The normalized spacial score (nSPS) is 12.0. The number of carbonyl (C=O) groups is 2. The van der Waals surface area contributed by atoms with Gasteiger partial charge in [0, 0.05) is 5.69 Å². The molecule has 27 heavy (non-hydrogen) atoms. The summed E-state index contributed by atoms with van der Waals surface area (Å²) in [4.78, 5) is 26.4. The van der Waals surface area contributed by atoms with Gasteiger partial charge >= 0.3 is 0 Å². The molecule has 2 aromatic carbocycles. The van der Waals surface area contributed by atoms with E-state index in [9.17, 15) is 14.0 Å². The van der Waals surface area contributed by atoms with Crippen LogP contribution in [0, 0.1) is 19.7 Å². The van der Waals surface area contributed by atoms with Gasteiger partial charge in [0.15, 0.2) is 0 Å². The van der Waals surface area contributed by atoms with Crippen molar-refractivity contribution in [3.63, 3.8) is 0 Å². The minimum atomic E-state index is -0.588. The molecule has 0 spiro atoms. The van der Waals surface area contributed by atoms with Crippen molar-refractivity contribution in [3.05, 3.63) is 58.4 Å². The molecule has 2 rings (SSSR count). The van der Waals surface area contributed by atoms with E-state index in [1.54, 1.807) is 18.9 Å². The zero-order valence-corrected chi connectivity index (χ0v) is 16.5. The first-order chi connectivity index (χ1) is 12.7. The monoisotopic (exact) mass is 391 g/mol. The predicted octanol–water partition coefficient (Wildman–Crippen LogP) is 3.99. The summed E-state index contributed by atoms with van der Waals surface area (Å²) in [6, 6.07) is 8.94. The van der Waals surface area contributed by atoms with Crippen molar-refractivity contribution in [1.29, 1.82) is 0 Å². The van der Waals surface area contributed by atoms with Crippen LogP contribution in [0.3, 0.4) is 0 Å². The number of halogens is 2. The van der Waals surface area contributed by atoms with Crippen LogP contribution in [0.25, 0.3) is 0 Å². The maximum absolute atomic E-state index is 13.1. The minimum absolute atomic E-state index is 0.0412. The summed E-state index contributed by atoms with van der Waals surface area (Å²) in [5.41, 5.74) is 3.06. The van der Waals surface area contributed by atoms with E-state index in [1.807, 2.05) is 32.0 Å². The predicted molar refractivity (Wildman–Crippen MR) is 107 cm³/mol. The Morgan fingerprint density at radius 3 is 2.37 bits per heavy atom. The zero-order chi connectivity index (χ0) is 20.1. The van der Waals surface area contributed by atoms with Crippen LogP contribution in [0.5, 0.6) is 0 Å². The van der Waals surface area contributed by atoms with Gasteiger partial charge in [-0.15, -0.1) is 0 Å². The highest BCUT2D eigenvalue weighted by Gasteiger charge is 2.21. The van der Waals surface area contributed by atoms with Gasteiger partial charge in [-0.25, -0.2) is 4.39 Å². The number of nitrogens with one attached hydrogen (secondary N) is 2. The lowest BCUT2D eigenvalue weighted by molar-refractivity contribution is -0.122. The number of benzene rings is 2. The molecule has 0 saturated heterocycles. The highest BCUT2D eigenvalue weighted by molar-refractivity contribution is 6.33. The van der Waals surface area contributed by atoms with Gasteiger partial charge in [-0.2, -0.15) is 0 Å². The number of carbonyl (C=O) groups excluding carboxylic acids is 2. The Kier molecular flexibility index (Phi) is 6.93. The van der Waals surface area contributed by atoms with Gasteiger partial charge in [0.05, 0.1) is 23.3 Å². The Balaban J connectivity index is 1.96. The smallest absolute Gasteiger partial charge is 0.241 e. The van der Waals surface area contributed by atoms with Crippen molar-refractivity contribution in [2.75, 3.05) is 24.2 Å². The van der Waals surface area contributed by atoms with Crippen molar-refractivity contribution in [2.45, 2.75) is 26.8 Å². The molecule has 2 N–H and O–H groups in total. The van der Waals surface area contributed by atoms with Crippen LogP contribution in [0.1, 0.15) is 18.1 Å². The minimum Gasteiger partial charge on any atom is -0.324 e. The summed E-state index contributed by atoms with van der Waals surface area (Å²) in [6.07, 6.45) is 0. The SMILES string of the molecule is Cc1cccc(C)c1NC(=O)CN(C)C(C)C(=O)Nc1ccc(F)cc1Cl. The lowest BCUT2D eigenvalue weighted by Crippen LogP contribution is -2.43. The Morgan fingerprint density at radius 1 is 1.15 bits per heavy atom. The molecule has 0 radical (unpaired) electrons. The maximum Gasteiger partial charge on any atom is 0.241 e. The second-order valence-electron chi connectivity index (χ2n) is 6.52. The van der Waals surface area contributed by atoms with Crippen LogP contribution in [-0.2, 0) is 9.59 Å². The van der Waals surface area contributed by atoms with E-state index in [4.69, 9.17) is 11.6 Å². The number of amides is 2. The number of para-hydroxylation sites is 1. The number of rotatable bonds is 6. The van der Waals surface area contributed by atoms with Crippen molar-refractivity contribution in [1.82, 2.24) is 4.90 Å². The summed E-state index contributed by atoms with van der Waals surface area (Å²) < 4.78 is 13.1. The molecule has 7 heteroatoms. The fraction of sp³-hybridized carbons (Fsp3) is 0.300. The molecule has 0 aromatic heterocycles. The Hall–Kier alpha value is -2.44. The third-order valence-electron chi connectivity index (χ3n) is 4.37. The number of hydrogen-bond donors (Lipinski definition) is 2. The lowest BCUT2D eigenvalue weighted by atomic mass is 10.1. The van der Waals surface area contributed by atoms with Gasteiger partial charge in [0.2, 0.25) is 11.8 Å². The van der Waals surface area contributed by atoms with Gasteiger partial charge in [0.25, 0.3) is 0 Å². The van der Waals surface area contributed by atoms with E-state index in [-0.39, 0.29) is 23.4 Å². The van der Waals surface area contributed by atoms with Gasteiger partial charge in [-0.3, -0.25) is 14.5 Å². The van der Waals surface area contributed by atoms with Crippen LogP contribution < -0.4 is 10.6 Å². The number of hydrogen-bond acceptors (Lipinski definition) is 3. The molecule has 144 valence electrons. The molecule has 0 aliphatic heterocycles. The average Bonchev–Trinajstić information content (AvgIpc) is 2.60. The Labute approximate surface area is 163 Å². The molecular weight excluding hydrogens is 369 g/mol. The fourth-order valence-corrected chi connectivity index (χ4v) is 2.80. The van der Waals surface area contributed by atoms with Gasteiger partial charge in [-0.1, -0.05) is 29.8 Å². The lowest BCUT2D eigenvalue weighted by Gasteiger charge is -2.24. The maximum atomic E-state index is 13.1. The first-order valence-electron chi connectivity index (χ1n) is 8.51. The first-order valence-corrected chi connectivity index (χ1v) is 8.89. The summed E-state index contributed by atoms with van der Waals surface area (Å²) in [6.45, 7) is 5.57. The van der Waals surface area contributed by atoms with Crippen molar-refractivity contribution in [2.24, 2.45) is 0 Å². The average molecular weight is 392 g/mol. The molecular formula is C20H23ClFN3O2. The quantitative estimate of drug-likeness (QED) is 0.782. The van der Waals surface area contributed by atoms with E-state index in [2.05, 4.69) is 10.6 Å². The molecule has 0 bridgehead atoms. The number of anilines is 2. The molecule has 0 saturated carbocycles. The molecule has 1 unspecified atom stereocenters. The Morgan fingerprint density at radius 2 is 1.78 bits per heavy atom. The number of nitrogens with zero attached hydrogens (tertiary/aromatic N) is 1. The van der Waals surface area contributed by atoms with Crippen molar-refractivity contribution < 1.29 is 14.0 Å². The second-order valence-corrected chi connectivity index (χ2v) is 6.93. The summed E-state index contributed by atoms with van der Waals surface area (Å²) in [5, 5.41) is 5.66. The van der Waals surface area contributed by atoms with Crippen LogP contribution in [0.2, 0.25) is 5.02 Å². The zero-order valence-electron chi connectivity index (χ0n) is 15.8. The molecule has 2 aromatic rings. The van der Waals surface area contributed by atoms with Gasteiger partial charge in [0.1, 0.15) is 5.82 Å². The van der Waals surface area contributed by atoms with E-state index in [0.717, 1.165) is 22.9 Å². The molecule has 0 aliphatic rings. The topological polar surface area (TPSA) is 61.4 Å². The molecule has 1 atom stereocenters. The van der Waals surface area contributed by atoms with Crippen molar-refractivity contribution >= 4 is 34.8 Å². The van der Waals surface area contributed by atoms with Gasteiger partial charge < -0.3 is 10.6 Å². The number of likely N-dealkylation sites (N-methyl/N-ethyl adjacent to an activating group) is 1. The van der Waals surface area contributed by atoms with Gasteiger partial charge in [-0.05, 0) is 57.1 Å². The van der Waals surface area contributed by atoms with Crippen LogP contribution >= 0.6 is 11.6 Å². The van der Waals surface area contributed by atoms with E-state index in [0.29, 0.717) is 5.69 Å². The summed E-state index contributed by atoms with van der Waals surface area (Å²) >= 11 is 5.93. The third-order valence-corrected chi connectivity index (χ3v) is 4.68. The molecule has 0 heterocycles. The third kappa shape index (κ3) is 5.52. The molecule has 0 fully saturated rings. The summed E-state index contributed by atoms with van der Waals surface area (Å²) in [5.74, 6) is -1.04. The van der Waals surface area contributed by atoms with Crippen LogP contribution in [0.15, 0.2) is 36.4 Å². The Bertz CT molecular complexity index is 837. The standard InChI is InChI=1S/C20H23ClFN3O2/c1-12-6-5-7-13(2)19(12)24-18(26)11-25(4)14(3)20(27)23-17-9-8-15(22)10-16(17)21/h5-10,14H,11H2,1-4H3,(H,23,27)(H,24,26). The highest BCUT2D eigenvalue weighted by Crippen LogP contribution is 2.23. The largest absolute Gasteiger partial charge is 0.324 e. The molecule has 0 aliphatic carbocycles. The molecule has 5 nitrogen and oxygen atoms in total. The van der Waals surface area contributed by atoms with E-state index in [1.165, 1.54) is 12.1 Å².